The van der Waals surface area contributed by atoms with E-state index < -0.39 is 0 Å². The van der Waals surface area contributed by atoms with E-state index in [0.29, 0.717) is 5.19 Å². The third kappa shape index (κ3) is 2.02. The first-order valence-corrected chi connectivity index (χ1v) is 4.93. The average molecular weight is 210 g/mol. The molecule has 2 aromatic heterocycles. The van der Waals surface area contributed by atoms with Gasteiger partial charge in [0, 0.05) is 18.9 Å². The van der Waals surface area contributed by atoms with Gasteiger partial charge in [0.1, 0.15) is 0 Å². The van der Waals surface area contributed by atoms with Gasteiger partial charge in [0.05, 0.1) is 7.11 Å². The van der Waals surface area contributed by atoms with Crippen molar-refractivity contribution in [3.63, 3.8) is 0 Å². The molecule has 2 N–H and O–H groups in total. The van der Waals surface area contributed by atoms with Crippen molar-refractivity contribution in [1.29, 1.82) is 0 Å². The number of nitrogens with one attached hydrogen (secondary N) is 2. The summed E-state index contributed by atoms with van der Waals surface area (Å²) in [7, 11) is 1.58. The zero-order valence-electron chi connectivity index (χ0n) is 7.65. The fraction of sp³-hybridized carbons (Fsp3) is 0.250. The van der Waals surface area contributed by atoms with Crippen molar-refractivity contribution >= 4 is 16.5 Å². The first-order chi connectivity index (χ1) is 6.88. The van der Waals surface area contributed by atoms with Gasteiger partial charge < -0.3 is 15.0 Å². The molecule has 0 aliphatic carbocycles. The minimum Gasteiger partial charge on any atom is -0.472 e. The fourth-order valence-electron chi connectivity index (χ4n) is 1.01. The molecule has 2 heterocycles. The van der Waals surface area contributed by atoms with Gasteiger partial charge >= 0.3 is 0 Å². The van der Waals surface area contributed by atoms with Gasteiger partial charge in [-0.1, -0.05) is 5.10 Å². The van der Waals surface area contributed by atoms with E-state index in [0.717, 1.165) is 11.7 Å². The topological polar surface area (TPSA) is 62.8 Å². The molecule has 0 aliphatic rings. The van der Waals surface area contributed by atoms with E-state index in [9.17, 15) is 0 Å². The smallest absolute Gasteiger partial charge is 0.295 e. The van der Waals surface area contributed by atoms with E-state index in [1.165, 1.54) is 16.9 Å². The summed E-state index contributed by atoms with van der Waals surface area (Å²) < 4.78 is 4.93. The number of nitrogens with zero attached hydrogens (tertiary/aromatic N) is 2. The SMILES string of the molecule is COc1nnc(NCc2cc[nH]c2)s1. The molecular formula is C8H10N4OS. The third-order valence-corrected chi connectivity index (χ3v) is 2.53. The molecule has 0 atom stereocenters. The van der Waals surface area contributed by atoms with Gasteiger partial charge in [-0.25, -0.2) is 0 Å². The summed E-state index contributed by atoms with van der Waals surface area (Å²) in [4.78, 5) is 2.99. The lowest BCUT2D eigenvalue weighted by Crippen LogP contribution is -1.97. The van der Waals surface area contributed by atoms with E-state index in [2.05, 4.69) is 20.5 Å². The van der Waals surface area contributed by atoms with Crippen LogP contribution in [0, 0.1) is 0 Å². The van der Waals surface area contributed by atoms with Gasteiger partial charge in [0.25, 0.3) is 5.19 Å². The van der Waals surface area contributed by atoms with Crippen LogP contribution in [0.4, 0.5) is 5.13 Å². The molecule has 0 aliphatic heterocycles. The van der Waals surface area contributed by atoms with E-state index in [-0.39, 0.29) is 0 Å². The van der Waals surface area contributed by atoms with Crippen LogP contribution in [0.1, 0.15) is 5.56 Å². The number of anilines is 1. The Kier molecular flexibility index (Phi) is 2.64. The predicted molar refractivity (Wildman–Crippen MR) is 54.6 cm³/mol. The molecule has 0 bridgehead atoms. The Hall–Kier alpha value is -1.56. The molecule has 0 spiro atoms. The minimum absolute atomic E-state index is 0.571. The van der Waals surface area contributed by atoms with E-state index >= 15 is 0 Å². The van der Waals surface area contributed by atoms with Crippen molar-refractivity contribution < 1.29 is 4.74 Å². The molecule has 5 nitrogen and oxygen atoms in total. The summed E-state index contributed by atoms with van der Waals surface area (Å²) in [5, 5.41) is 12.2. The zero-order chi connectivity index (χ0) is 9.80. The molecule has 2 aromatic rings. The minimum atomic E-state index is 0.571. The average Bonchev–Trinajstić information content (AvgIpc) is 2.86. The van der Waals surface area contributed by atoms with E-state index in [4.69, 9.17) is 4.74 Å². The van der Waals surface area contributed by atoms with Crippen LogP contribution in [-0.2, 0) is 6.54 Å². The molecule has 0 saturated heterocycles. The van der Waals surface area contributed by atoms with Gasteiger partial charge in [-0.15, -0.1) is 5.10 Å². The van der Waals surface area contributed by atoms with Crippen LogP contribution in [0.3, 0.4) is 0 Å². The lowest BCUT2D eigenvalue weighted by molar-refractivity contribution is 0.407. The maximum atomic E-state index is 4.93. The molecule has 0 saturated carbocycles. The Bertz CT molecular complexity index is 384. The van der Waals surface area contributed by atoms with Crippen LogP contribution in [-0.4, -0.2) is 22.3 Å². The van der Waals surface area contributed by atoms with E-state index in [1.54, 1.807) is 7.11 Å². The van der Waals surface area contributed by atoms with Crippen molar-refractivity contribution in [2.45, 2.75) is 6.54 Å². The largest absolute Gasteiger partial charge is 0.472 e. The maximum Gasteiger partial charge on any atom is 0.295 e. The van der Waals surface area contributed by atoms with Crippen LogP contribution in [0.2, 0.25) is 0 Å². The molecule has 74 valence electrons. The van der Waals surface area contributed by atoms with Crippen LogP contribution < -0.4 is 10.1 Å². The molecule has 0 amide bonds. The Morgan fingerprint density at radius 3 is 3.14 bits per heavy atom. The second-order valence-electron chi connectivity index (χ2n) is 2.65. The number of ether oxygens (including phenoxy) is 1. The summed E-state index contributed by atoms with van der Waals surface area (Å²) in [5.74, 6) is 0. The highest BCUT2D eigenvalue weighted by Crippen LogP contribution is 2.21. The van der Waals surface area contributed by atoms with E-state index in [1.807, 2.05) is 18.5 Å². The number of H-pyrrole nitrogens is 1. The highest BCUT2D eigenvalue weighted by atomic mass is 32.1. The van der Waals surface area contributed by atoms with Gasteiger partial charge in [0.15, 0.2) is 0 Å². The molecule has 0 radical (unpaired) electrons. The van der Waals surface area contributed by atoms with Gasteiger partial charge in [0.2, 0.25) is 5.13 Å². The molecular weight excluding hydrogens is 200 g/mol. The van der Waals surface area contributed by atoms with Crippen molar-refractivity contribution in [3.8, 4) is 5.19 Å². The number of hydrogen-bond acceptors (Lipinski definition) is 5. The second-order valence-corrected chi connectivity index (χ2v) is 3.59. The standard InChI is InChI=1S/C8H10N4OS/c1-13-8-12-11-7(14-8)10-5-6-2-3-9-4-6/h2-4,9H,5H2,1H3,(H,10,11). The normalized spacial score (nSPS) is 10.1. The van der Waals surface area contributed by atoms with Crippen molar-refractivity contribution in [2.24, 2.45) is 0 Å². The van der Waals surface area contributed by atoms with Crippen molar-refractivity contribution in [2.75, 3.05) is 12.4 Å². The molecule has 14 heavy (non-hydrogen) atoms. The highest BCUT2D eigenvalue weighted by Gasteiger charge is 2.02. The van der Waals surface area contributed by atoms with Crippen molar-refractivity contribution in [3.05, 3.63) is 24.0 Å². The molecule has 6 heteroatoms. The summed E-state index contributed by atoms with van der Waals surface area (Å²) in [6.07, 6.45) is 3.82. The lowest BCUT2D eigenvalue weighted by Gasteiger charge is -1.97. The maximum absolute atomic E-state index is 4.93. The summed E-state index contributed by atoms with van der Waals surface area (Å²) in [6.45, 7) is 0.738. The van der Waals surface area contributed by atoms with Crippen LogP contribution in [0.5, 0.6) is 5.19 Å². The van der Waals surface area contributed by atoms with Crippen molar-refractivity contribution in [1.82, 2.24) is 15.2 Å². The molecule has 0 unspecified atom stereocenters. The fourth-order valence-corrected chi connectivity index (χ4v) is 1.57. The quantitative estimate of drug-likeness (QED) is 0.802. The summed E-state index contributed by atoms with van der Waals surface area (Å²) >= 11 is 1.39. The Morgan fingerprint density at radius 2 is 2.50 bits per heavy atom. The number of hydrogen-bond donors (Lipinski definition) is 2. The highest BCUT2D eigenvalue weighted by molar-refractivity contribution is 7.16. The van der Waals surface area contributed by atoms with Gasteiger partial charge in [-0.2, -0.15) is 0 Å². The summed E-state index contributed by atoms with van der Waals surface area (Å²) in [6, 6.07) is 2.01. The zero-order valence-corrected chi connectivity index (χ0v) is 8.47. The molecule has 0 aromatic carbocycles. The monoisotopic (exact) mass is 210 g/mol. The van der Waals surface area contributed by atoms with Gasteiger partial charge in [-0.3, -0.25) is 0 Å². The second kappa shape index (κ2) is 4.10. The molecule has 0 fully saturated rings. The van der Waals surface area contributed by atoms with Crippen LogP contribution >= 0.6 is 11.3 Å². The number of aromatic amines is 1. The number of methoxy groups -OCH3 is 1. The number of rotatable bonds is 4. The molecule has 2 rings (SSSR count). The number of aromatic nitrogens is 3. The first kappa shape index (κ1) is 9.01. The first-order valence-electron chi connectivity index (χ1n) is 4.11. The lowest BCUT2D eigenvalue weighted by atomic mass is 10.3. The van der Waals surface area contributed by atoms with Gasteiger partial charge in [-0.05, 0) is 23.0 Å². The Balaban J connectivity index is 1.92. The predicted octanol–water partition coefficient (Wildman–Crippen LogP) is 1.49. The third-order valence-electron chi connectivity index (χ3n) is 1.69. The Morgan fingerprint density at radius 1 is 1.57 bits per heavy atom. The van der Waals surface area contributed by atoms with Crippen LogP contribution in [0.25, 0.3) is 0 Å². The summed E-state index contributed by atoms with van der Waals surface area (Å²) in [5.41, 5.74) is 1.18. The van der Waals surface area contributed by atoms with Crippen LogP contribution in [0.15, 0.2) is 18.5 Å². The Labute approximate surface area is 85.1 Å².